The first-order valence-corrected chi connectivity index (χ1v) is 6.67. The molecule has 1 aliphatic rings. The lowest BCUT2D eigenvalue weighted by molar-refractivity contribution is 0.0103. The molecule has 0 saturated heterocycles. The van der Waals surface area contributed by atoms with E-state index >= 15 is 0 Å². The van der Waals surface area contributed by atoms with Crippen LogP contribution in [0, 0.1) is 5.92 Å². The average molecular weight is 217 g/mol. The van der Waals surface area contributed by atoms with Crippen molar-refractivity contribution in [3.63, 3.8) is 0 Å². The molecule has 84 valence electrons. The fraction of sp³-hybridized carbons (Fsp3) is 1.00. The van der Waals surface area contributed by atoms with Crippen LogP contribution in [0.5, 0.6) is 0 Å². The molecule has 3 N–H and O–H groups in total. The molecular formula is C11H23NOS. The molecule has 2 unspecified atom stereocenters. The van der Waals surface area contributed by atoms with Gasteiger partial charge >= 0.3 is 0 Å². The third-order valence-corrected chi connectivity index (χ3v) is 4.33. The maximum absolute atomic E-state index is 10.2. The fourth-order valence-electron chi connectivity index (χ4n) is 2.26. The van der Waals surface area contributed by atoms with Gasteiger partial charge in [0.15, 0.2) is 0 Å². The highest BCUT2D eigenvalue weighted by molar-refractivity contribution is 7.99. The van der Waals surface area contributed by atoms with Gasteiger partial charge in [0.25, 0.3) is 0 Å². The van der Waals surface area contributed by atoms with Crippen LogP contribution in [-0.2, 0) is 0 Å². The van der Waals surface area contributed by atoms with Crippen LogP contribution in [0.4, 0.5) is 0 Å². The van der Waals surface area contributed by atoms with Crippen LogP contribution in [0.25, 0.3) is 0 Å². The van der Waals surface area contributed by atoms with E-state index in [0.29, 0.717) is 17.7 Å². The molecule has 0 aliphatic heterocycles. The summed E-state index contributed by atoms with van der Waals surface area (Å²) in [6, 6.07) is 0. The summed E-state index contributed by atoms with van der Waals surface area (Å²) in [7, 11) is 0. The molecule has 1 aliphatic carbocycles. The van der Waals surface area contributed by atoms with Gasteiger partial charge in [-0.2, -0.15) is 11.8 Å². The monoisotopic (exact) mass is 217 g/mol. The first-order valence-electron chi connectivity index (χ1n) is 5.62. The van der Waals surface area contributed by atoms with Crippen LogP contribution in [0.2, 0.25) is 0 Å². The largest absolute Gasteiger partial charge is 0.388 e. The Morgan fingerprint density at radius 3 is 2.86 bits per heavy atom. The van der Waals surface area contributed by atoms with Gasteiger partial charge in [0.05, 0.1) is 5.60 Å². The zero-order chi connectivity index (χ0) is 10.6. The molecule has 0 radical (unpaired) electrons. The smallest absolute Gasteiger partial charge is 0.0797 e. The average Bonchev–Trinajstić information content (AvgIpc) is 2.48. The number of hydrogen-bond acceptors (Lipinski definition) is 3. The zero-order valence-corrected chi connectivity index (χ0v) is 10.1. The van der Waals surface area contributed by atoms with Crippen molar-refractivity contribution in [2.75, 3.05) is 12.3 Å². The molecule has 0 aromatic carbocycles. The van der Waals surface area contributed by atoms with Crippen molar-refractivity contribution in [3.8, 4) is 0 Å². The predicted molar refractivity (Wildman–Crippen MR) is 63.6 cm³/mol. The van der Waals surface area contributed by atoms with Crippen LogP contribution in [0.1, 0.15) is 39.5 Å². The SMILES string of the molecule is CC(C)SCCC1CCCC1(O)CN. The number of rotatable bonds is 5. The van der Waals surface area contributed by atoms with E-state index in [0.717, 1.165) is 31.4 Å². The number of thioether (sulfide) groups is 1. The highest BCUT2D eigenvalue weighted by Gasteiger charge is 2.39. The summed E-state index contributed by atoms with van der Waals surface area (Å²) >= 11 is 1.98. The van der Waals surface area contributed by atoms with Crippen molar-refractivity contribution in [2.24, 2.45) is 11.7 Å². The minimum Gasteiger partial charge on any atom is -0.388 e. The molecule has 0 heterocycles. The lowest BCUT2D eigenvalue weighted by atomic mass is 9.89. The summed E-state index contributed by atoms with van der Waals surface area (Å²) in [5.74, 6) is 1.60. The van der Waals surface area contributed by atoms with E-state index in [-0.39, 0.29) is 0 Å². The summed E-state index contributed by atoms with van der Waals surface area (Å²) in [4.78, 5) is 0. The molecule has 1 saturated carbocycles. The van der Waals surface area contributed by atoms with Gasteiger partial charge in [0, 0.05) is 6.54 Å². The second-order valence-corrected chi connectivity index (χ2v) is 6.29. The van der Waals surface area contributed by atoms with Crippen LogP contribution in [0.15, 0.2) is 0 Å². The van der Waals surface area contributed by atoms with Crippen molar-refractivity contribution in [1.29, 1.82) is 0 Å². The van der Waals surface area contributed by atoms with Gasteiger partial charge in [-0.1, -0.05) is 20.3 Å². The molecule has 0 bridgehead atoms. The number of hydrogen-bond donors (Lipinski definition) is 2. The fourth-order valence-corrected chi connectivity index (χ4v) is 3.15. The Balaban J connectivity index is 2.29. The summed E-state index contributed by atoms with van der Waals surface area (Å²) in [5.41, 5.74) is 5.09. The van der Waals surface area contributed by atoms with Crippen LogP contribution < -0.4 is 5.73 Å². The number of aliphatic hydroxyl groups is 1. The highest BCUT2D eigenvalue weighted by atomic mass is 32.2. The Labute approximate surface area is 91.6 Å². The molecular weight excluding hydrogens is 194 g/mol. The van der Waals surface area contributed by atoms with Crippen LogP contribution in [-0.4, -0.2) is 28.3 Å². The number of nitrogens with two attached hydrogens (primary N) is 1. The van der Waals surface area contributed by atoms with E-state index in [1.54, 1.807) is 0 Å². The van der Waals surface area contributed by atoms with Gasteiger partial charge in [0.1, 0.15) is 0 Å². The van der Waals surface area contributed by atoms with Gasteiger partial charge in [-0.15, -0.1) is 0 Å². The quantitative estimate of drug-likeness (QED) is 0.740. The molecule has 14 heavy (non-hydrogen) atoms. The first kappa shape index (κ1) is 12.3. The van der Waals surface area contributed by atoms with Crippen molar-refractivity contribution < 1.29 is 5.11 Å². The zero-order valence-electron chi connectivity index (χ0n) is 9.33. The van der Waals surface area contributed by atoms with Gasteiger partial charge in [0.2, 0.25) is 0 Å². The molecule has 1 rings (SSSR count). The van der Waals surface area contributed by atoms with Crippen molar-refractivity contribution in [2.45, 2.75) is 50.4 Å². The minimum absolute atomic E-state index is 0.435. The van der Waals surface area contributed by atoms with E-state index in [4.69, 9.17) is 5.73 Å². The molecule has 2 atom stereocenters. The van der Waals surface area contributed by atoms with Gasteiger partial charge in [-0.25, -0.2) is 0 Å². The van der Waals surface area contributed by atoms with Gasteiger partial charge < -0.3 is 10.8 Å². The van der Waals surface area contributed by atoms with Crippen LogP contribution >= 0.6 is 11.8 Å². The molecule has 3 heteroatoms. The summed E-state index contributed by atoms with van der Waals surface area (Å²) < 4.78 is 0. The molecule has 2 nitrogen and oxygen atoms in total. The first-order chi connectivity index (χ1) is 6.58. The Kier molecular flexibility index (Phi) is 4.74. The summed E-state index contributed by atoms with van der Waals surface area (Å²) in [5, 5.41) is 10.9. The third kappa shape index (κ3) is 3.14. The maximum Gasteiger partial charge on any atom is 0.0797 e. The Morgan fingerprint density at radius 2 is 2.29 bits per heavy atom. The van der Waals surface area contributed by atoms with E-state index in [2.05, 4.69) is 13.8 Å². The Bertz CT molecular complexity index is 175. The maximum atomic E-state index is 10.2. The predicted octanol–water partition coefficient (Wildman–Crippen LogP) is 2.01. The van der Waals surface area contributed by atoms with Crippen molar-refractivity contribution >= 4 is 11.8 Å². The molecule has 1 fully saturated rings. The molecule has 0 spiro atoms. The van der Waals surface area contributed by atoms with E-state index in [9.17, 15) is 5.11 Å². The standard InChI is InChI=1S/C11H23NOS/c1-9(2)14-7-5-10-4-3-6-11(10,13)8-12/h9-10,13H,3-8,12H2,1-2H3. The van der Waals surface area contributed by atoms with Gasteiger partial charge in [-0.3, -0.25) is 0 Å². The van der Waals surface area contributed by atoms with E-state index < -0.39 is 5.60 Å². The molecule has 0 amide bonds. The minimum atomic E-state index is -0.544. The normalized spacial score (nSPS) is 32.8. The molecule has 0 aromatic rings. The summed E-state index contributed by atoms with van der Waals surface area (Å²) in [6.07, 6.45) is 4.33. The van der Waals surface area contributed by atoms with Gasteiger partial charge in [-0.05, 0) is 36.2 Å². The van der Waals surface area contributed by atoms with Crippen molar-refractivity contribution in [1.82, 2.24) is 0 Å². The summed E-state index contributed by atoms with van der Waals surface area (Å²) in [6.45, 7) is 4.87. The lowest BCUT2D eigenvalue weighted by Gasteiger charge is -2.28. The Hall–Kier alpha value is 0.270. The molecule has 0 aromatic heterocycles. The van der Waals surface area contributed by atoms with E-state index in [1.165, 1.54) is 0 Å². The second kappa shape index (κ2) is 5.38. The lowest BCUT2D eigenvalue weighted by Crippen LogP contribution is -2.41. The topological polar surface area (TPSA) is 46.2 Å². The third-order valence-electron chi connectivity index (χ3n) is 3.19. The van der Waals surface area contributed by atoms with E-state index in [1.807, 2.05) is 11.8 Å². The van der Waals surface area contributed by atoms with Crippen LogP contribution in [0.3, 0.4) is 0 Å². The highest BCUT2D eigenvalue weighted by Crippen LogP contribution is 2.37. The second-order valence-electron chi connectivity index (χ2n) is 4.61. The Morgan fingerprint density at radius 1 is 1.57 bits per heavy atom. The van der Waals surface area contributed by atoms with Crippen molar-refractivity contribution in [3.05, 3.63) is 0 Å².